The standard InChI is InChI=1S/C11H14N2O3S/c14-10(4-3-9-12-5-7-17-9)13-6-1-2-8(13)11(15)16/h5,7-8H,1-4,6H2,(H,15,16). The minimum absolute atomic E-state index is 0.0786. The van der Waals surface area contributed by atoms with Crippen LogP contribution in [0, 0.1) is 0 Å². The maximum Gasteiger partial charge on any atom is 0.326 e. The summed E-state index contributed by atoms with van der Waals surface area (Å²) in [6, 6.07) is -0.626. The Kier molecular flexibility index (Phi) is 3.73. The summed E-state index contributed by atoms with van der Waals surface area (Å²) in [5.41, 5.74) is 0. The van der Waals surface area contributed by atoms with E-state index in [0.29, 0.717) is 25.8 Å². The number of carbonyl (C=O) groups is 2. The molecule has 1 amide bonds. The highest BCUT2D eigenvalue weighted by atomic mass is 32.1. The van der Waals surface area contributed by atoms with Gasteiger partial charge in [0.1, 0.15) is 6.04 Å². The molecule has 0 aliphatic carbocycles. The van der Waals surface area contributed by atoms with Gasteiger partial charge in [-0.25, -0.2) is 9.78 Å². The Labute approximate surface area is 103 Å². The second-order valence-electron chi connectivity index (χ2n) is 4.01. The number of hydrogen-bond acceptors (Lipinski definition) is 4. The fourth-order valence-electron chi connectivity index (χ4n) is 2.06. The van der Waals surface area contributed by atoms with Crippen LogP contribution in [0.3, 0.4) is 0 Å². The molecule has 1 atom stereocenters. The molecule has 2 rings (SSSR count). The highest BCUT2D eigenvalue weighted by Gasteiger charge is 2.33. The van der Waals surface area contributed by atoms with Gasteiger partial charge in [0.05, 0.1) is 5.01 Å². The fraction of sp³-hybridized carbons (Fsp3) is 0.545. The Balaban J connectivity index is 1.89. The normalized spacial score (nSPS) is 19.5. The van der Waals surface area contributed by atoms with Crippen LogP contribution in [0.5, 0.6) is 0 Å². The third-order valence-corrected chi connectivity index (χ3v) is 3.73. The molecule has 1 aromatic rings. The van der Waals surface area contributed by atoms with Gasteiger partial charge in [-0.3, -0.25) is 4.79 Å². The van der Waals surface area contributed by atoms with E-state index >= 15 is 0 Å². The van der Waals surface area contributed by atoms with Crippen LogP contribution in [-0.4, -0.2) is 39.5 Å². The van der Waals surface area contributed by atoms with E-state index in [4.69, 9.17) is 5.11 Å². The smallest absolute Gasteiger partial charge is 0.326 e. The topological polar surface area (TPSA) is 70.5 Å². The van der Waals surface area contributed by atoms with Crippen molar-refractivity contribution in [2.75, 3.05) is 6.54 Å². The third kappa shape index (κ3) is 2.82. The molecular formula is C11H14N2O3S. The van der Waals surface area contributed by atoms with E-state index in [1.54, 1.807) is 6.20 Å². The zero-order chi connectivity index (χ0) is 12.3. The lowest BCUT2D eigenvalue weighted by atomic mass is 10.2. The molecule has 0 bridgehead atoms. The van der Waals surface area contributed by atoms with Crippen LogP contribution < -0.4 is 0 Å². The molecule has 1 saturated heterocycles. The summed E-state index contributed by atoms with van der Waals surface area (Å²) in [5.74, 6) is -0.977. The van der Waals surface area contributed by atoms with E-state index in [1.165, 1.54) is 16.2 Å². The van der Waals surface area contributed by atoms with Crippen molar-refractivity contribution in [3.63, 3.8) is 0 Å². The molecule has 5 nitrogen and oxygen atoms in total. The Morgan fingerprint density at radius 3 is 3.06 bits per heavy atom. The highest BCUT2D eigenvalue weighted by Crippen LogP contribution is 2.19. The second kappa shape index (κ2) is 5.27. The average molecular weight is 254 g/mol. The number of aliphatic carboxylic acids is 1. The minimum Gasteiger partial charge on any atom is -0.480 e. The molecule has 1 aliphatic heterocycles. The number of hydrogen-bond donors (Lipinski definition) is 1. The highest BCUT2D eigenvalue weighted by molar-refractivity contribution is 7.09. The molecule has 1 unspecified atom stereocenters. The van der Waals surface area contributed by atoms with Gasteiger partial charge in [0.25, 0.3) is 0 Å². The predicted molar refractivity (Wildman–Crippen MR) is 62.8 cm³/mol. The van der Waals surface area contributed by atoms with E-state index in [2.05, 4.69) is 4.98 Å². The first-order valence-electron chi connectivity index (χ1n) is 5.59. The lowest BCUT2D eigenvalue weighted by Crippen LogP contribution is -2.40. The third-order valence-electron chi connectivity index (χ3n) is 2.89. The number of rotatable bonds is 4. The Morgan fingerprint density at radius 1 is 1.59 bits per heavy atom. The lowest BCUT2D eigenvalue weighted by Gasteiger charge is -2.21. The van der Waals surface area contributed by atoms with Gasteiger partial charge in [0, 0.05) is 31.0 Å². The van der Waals surface area contributed by atoms with Gasteiger partial charge in [0.15, 0.2) is 0 Å². The van der Waals surface area contributed by atoms with Gasteiger partial charge in [-0.15, -0.1) is 11.3 Å². The van der Waals surface area contributed by atoms with E-state index in [-0.39, 0.29) is 5.91 Å². The zero-order valence-corrected chi connectivity index (χ0v) is 10.2. The SMILES string of the molecule is O=C(O)C1CCCN1C(=O)CCc1nccs1. The molecule has 17 heavy (non-hydrogen) atoms. The molecule has 1 N–H and O–H groups in total. The first-order valence-corrected chi connectivity index (χ1v) is 6.47. The zero-order valence-electron chi connectivity index (χ0n) is 9.33. The van der Waals surface area contributed by atoms with E-state index in [9.17, 15) is 9.59 Å². The summed E-state index contributed by atoms with van der Waals surface area (Å²) in [5, 5.41) is 11.8. The van der Waals surface area contributed by atoms with Crippen LogP contribution in [0.2, 0.25) is 0 Å². The summed E-state index contributed by atoms with van der Waals surface area (Å²) < 4.78 is 0. The molecule has 0 aromatic carbocycles. The van der Waals surface area contributed by atoms with Crippen molar-refractivity contribution < 1.29 is 14.7 Å². The molecule has 92 valence electrons. The lowest BCUT2D eigenvalue weighted by molar-refractivity contribution is -0.148. The van der Waals surface area contributed by atoms with Crippen molar-refractivity contribution in [3.8, 4) is 0 Å². The van der Waals surface area contributed by atoms with Gasteiger partial charge in [-0.05, 0) is 12.8 Å². The fourth-order valence-corrected chi connectivity index (χ4v) is 2.68. The Hall–Kier alpha value is -1.43. The summed E-state index contributed by atoms with van der Waals surface area (Å²) in [4.78, 5) is 28.4. The van der Waals surface area contributed by atoms with Crippen LogP contribution in [0.1, 0.15) is 24.3 Å². The number of amides is 1. The summed E-state index contributed by atoms with van der Waals surface area (Å²) in [6.07, 6.45) is 4.00. The maximum absolute atomic E-state index is 11.9. The summed E-state index contributed by atoms with van der Waals surface area (Å²) >= 11 is 1.52. The number of likely N-dealkylation sites (tertiary alicyclic amines) is 1. The van der Waals surface area contributed by atoms with Gasteiger partial charge in [-0.1, -0.05) is 0 Å². The summed E-state index contributed by atoms with van der Waals surface area (Å²) in [6.45, 7) is 0.563. The molecule has 0 spiro atoms. The Morgan fingerprint density at radius 2 is 2.41 bits per heavy atom. The minimum atomic E-state index is -0.898. The quantitative estimate of drug-likeness (QED) is 0.875. The first kappa shape index (κ1) is 12.0. The molecule has 1 fully saturated rings. The van der Waals surface area contributed by atoms with Crippen molar-refractivity contribution in [1.82, 2.24) is 9.88 Å². The van der Waals surface area contributed by atoms with Gasteiger partial charge >= 0.3 is 5.97 Å². The molecule has 2 heterocycles. The van der Waals surface area contributed by atoms with Crippen LogP contribution in [-0.2, 0) is 16.0 Å². The van der Waals surface area contributed by atoms with Crippen molar-refractivity contribution in [1.29, 1.82) is 0 Å². The van der Waals surface area contributed by atoms with E-state index in [0.717, 1.165) is 11.4 Å². The largest absolute Gasteiger partial charge is 0.480 e. The maximum atomic E-state index is 11.9. The monoisotopic (exact) mass is 254 g/mol. The average Bonchev–Trinajstić information content (AvgIpc) is 2.96. The molecule has 0 radical (unpaired) electrons. The van der Waals surface area contributed by atoms with Crippen LogP contribution in [0.4, 0.5) is 0 Å². The number of aryl methyl sites for hydroxylation is 1. The number of aromatic nitrogens is 1. The number of carbonyl (C=O) groups excluding carboxylic acids is 1. The van der Waals surface area contributed by atoms with Gasteiger partial charge in [-0.2, -0.15) is 0 Å². The van der Waals surface area contributed by atoms with Crippen LogP contribution >= 0.6 is 11.3 Å². The van der Waals surface area contributed by atoms with E-state index in [1.807, 2.05) is 5.38 Å². The summed E-state index contributed by atoms with van der Waals surface area (Å²) in [7, 11) is 0. The number of carboxylic acids is 1. The molecule has 0 saturated carbocycles. The molecule has 1 aromatic heterocycles. The predicted octanol–water partition coefficient (Wildman–Crippen LogP) is 1.15. The number of carboxylic acid groups (broad SMARTS) is 1. The number of thiazole rings is 1. The molecular weight excluding hydrogens is 240 g/mol. The molecule has 6 heteroatoms. The number of nitrogens with zero attached hydrogens (tertiary/aromatic N) is 2. The van der Waals surface area contributed by atoms with Gasteiger partial charge in [0.2, 0.25) is 5.91 Å². The van der Waals surface area contributed by atoms with Crippen molar-refractivity contribution >= 4 is 23.2 Å². The van der Waals surface area contributed by atoms with E-state index < -0.39 is 12.0 Å². The van der Waals surface area contributed by atoms with Crippen molar-refractivity contribution in [2.45, 2.75) is 31.7 Å². The molecule has 1 aliphatic rings. The first-order chi connectivity index (χ1) is 8.18. The second-order valence-corrected chi connectivity index (χ2v) is 4.99. The van der Waals surface area contributed by atoms with Crippen LogP contribution in [0.15, 0.2) is 11.6 Å². The van der Waals surface area contributed by atoms with Crippen LogP contribution in [0.25, 0.3) is 0 Å². The van der Waals surface area contributed by atoms with Crippen molar-refractivity contribution in [3.05, 3.63) is 16.6 Å². The Bertz CT molecular complexity index is 405. The van der Waals surface area contributed by atoms with Gasteiger partial charge < -0.3 is 10.0 Å². The van der Waals surface area contributed by atoms with Crippen molar-refractivity contribution in [2.24, 2.45) is 0 Å².